The van der Waals surface area contributed by atoms with Crippen molar-refractivity contribution < 1.29 is 14.4 Å². The van der Waals surface area contributed by atoms with Gasteiger partial charge in [0.15, 0.2) is 0 Å². The largest absolute Gasteiger partial charge is 0.352 e. The molecule has 2 heterocycles. The molecule has 0 unspecified atom stereocenters. The molecule has 2 aromatic rings. The fourth-order valence-corrected chi connectivity index (χ4v) is 4.29. The van der Waals surface area contributed by atoms with E-state index in [1.807, 2.05) is 65.6 Å². The monoisotopic (exact) mass is 431 g/mol. The van der Waals surface area contributed by atoms with Gasteiger partial charge < -0.3 is 15.1 Å². The van der Waals surface area contributed by atoms with Crippen LogP contribution in [-0.4, -0.2) is 42.3 Å². The van der Waals surface area contributed by atoms with Gasteiger partial charge in [-0.1, -0.05) is 42.5 Å². The first-order chi connectivity index (χ1) is 15.6. The Hall–Kier alpha value is -3.41. The third kappa shape index (κ3) is 5.44. The van der Waals surface area contributed by atoms with Crippen LogP contribution in [0.1, 0.15) is 36.8 Å². The highest BCUT2D eigenvalue weighted by Crippen LogP contribution is 2.23. The number of amides is 3. The number of anilines is 1. The number of benzene rings is 2. The Bertz CT molecular complexity index is 994. The quantitative estimate of drug-likeness (QED) is 0.713. The van der Waals surface area contributed by atoms with Crippen molar-refractivity contribution in [2.75, 3.05) is 24.5 Å². The van der Waals surface area contributed by atoms with E-state index < -0.39 is 0 Å². The van der Waals surface area contributed by atoms with Crippen molar-refractivity contribution in [2.24, 2.45) is 5.92 Å². The van der Waals surface area contributed by atoms with Gasteiger partial charge in [0.1, 0.15) is 0 Å². The number of likely N-dealkylation sites (tertiary alicyclic amines) is 1. The maximum Gasteiger partial charge on any atom is 0.246 e. The number of nitrogens with one attached hydrogen (secondary N) is 1. The summed E-state index contributed by atoms with van der Waals surface area (Å²) < 4.78 is 0. The number of hydrogen-bond acceptors (Lipinski definition) is 3. The lowest BCUT2D eigenvalue weighted by molar-refractivity contribution is -0.132. The van der Waals surface area contributed by atoms with Crippen LogP contribution < -0.4 is 10.2 Å². The Morgan fingerprint density at radius 2 is 1.78 bits per heavy atom. The molecule has 2 fully saturated rings. The van der Waals surface area contributed by atoms with Gasteiger partial charge in [-0.15, -0.1) is 0 Å². The van der Waals surface area contributed by atoms with Gasteiger partial charge in [-0.05, 0) is 48.6 Å². The van der Waals surface area contributed by atoms with Crippen LogP contribution in [0.3, 0.4) is 0 Å². The molecule has 0 radical (unpaired) electrons. The predicted molar refractivity (Wildman–Crippen MR) is 125 cm³/mol. The zero-order chi connectivity index (χ0) is 22.3. The van der Waals surface area contributed by atoms with Gasteiger partial charge in [-0.3, -0.25) is 14.4 Å². The molecule has 2 aliphatic heterocycles. The maximum atomic E-state index is 12.7. The lowest BCUT2D eigenvalue weighted by Gasteiger charge is -2.30. The summed E-state index contributed by atoms with van der Waals surface area (Å²) >= 11 is 0. The van der Waals surface area contributed by atoms with E-state index in [9.17, 15) is 14.4 Å². The third-order valence-electron chi connectivity index (χ3n) is 6.16. The molecule has 6 heteroatoms. The average Bonchev–Trinajstić information content (AvgIpc) is 3.28. The zero-order valence-electron chi connectivity index (χ0n) is 18.2. The van der Waals surface area contributed by atoms with Crippen LogP contribution >= 0.6 is 0 Å². The van der Waals surface area contributed by atoms with Crippen LogP contribution in [0.4, 0.5) is 5.69 Å². The van der Waals surface area contributed by atoms with Crippen molar-refractivity contribution in [3.63, 3.8) is 0 Å². The molecule has 6 nitrogen and oxygen atoms in total. The molecular formula is C26H29N3O3. The van der Waals surface area contributed by atoms with Crippen LogP contribution in [0.2, 0.25) is 0 Å². The van der Waals surface area contributed by atoms with Crippen molar-refractivity contribution in [2.45, 2.75) is 32.2 Å². The van der Waals surface area contributed by atoms with Crippen molar-refractivity contribution >= 4 is 29.5 Å². The van der Waals surface area contributed by atoms with Crippen molar-refractivity contribution in [1.29, 1.82) is 0 Å². The van der Waals surface area contributed by atoms with Gasteiger partial charge in [0, 0.05) is 50.3 Å². The van der Waals surface area contributed by atoms with E-state index in [4.69, 9.17) is 0 Å². The third-order valence-corrected chi connectivity index (χ3v) is 6.16. The van der Waals surface area contributed by atoms with Crippen molar-refractivity contribution in [3.05, 3.63) is 71.8 Å². The summed E-state index contributed by atoms with van der Waals surface area (Å²) in [5.41, 5.74) is 2.87. The Labute approximate surface area is 188 Å². The molecule has 1 N–H and O–H groups in total. The summed E-state index contributed by atoms with van der Waals surface area (Å²) in [5, 5.41) is 3.03. The van der Waals surface area contributed by atoms with E-state index >= 15 is 0 Å². The van der Waals surface area contributed by atoms with E-state index in [-0.39, 0.29) is 23.6 Å². The standard InChI is InChI=1S/C26H29N3O3/c30-24(12-11-20-6-2-1-3-7-20)28-16-13-22(14-17-28)26(32)27-19-21-8-4-9-23(18-21)29-15-5-10-25(29)31/h1-4,6-9,11-12,18,22H,5,10,13-17,19H2,(H,27,32)/b12-11+. The predicted octanol–water partition coefficient (Wildman–Crippen LogP) is 3.38. The van der Waals surface area contributed by atoms with Gasteiger partial charge in [0.2, 0.25) is 17.7 Å². The minimum Gasteiger partial charge on any atom is -0.352 e. The topological polar surface area (TPSA) is 69.7 Å². The first-order valence-corrected chi connectivity index (χ1v) is 11.3. The molecule has 0 aromatic heterocycles. The normalized spacial score (nSPS) is 17.2. The SMILES string of the molecule is O=C(NCc1cccc(N2CCCC2=O)c1)C1CCN(C(=O)/C=C/c2ccccc2)CC1. The van der Waals surface area contributed by atoms with Gasteiger partial charge in [0.25, 0.3) is 0 Å². The molecule has 2 aliphatic rings. The minimum absolute atomic E-state index is 0.0130. The summed E-state index contributed by atoms with van der Waals surface area (Å²) in [7, 11) is 0. The highest BCUT2D eigenvalue weighted by Gasteiger charge is 2.26. The molecule has 2 aromatic carbocycles. The molecule has 0 saturated carbocycles. The minimum atomic E-state index is -0.0829. The van der Waals surface area contributed by atoms with Crippen molar-refractivity contribution in [3.8, 4) is 0 Å². The number of hydrogen-bond donors (Lipinski definition) is 1. The molecule has 0 aliphatic carbocycles. The first kappa shape index (κ1) is 21.8. The molecule has 4 rings (SSSR count). The number of carbonyl (C=O) groups is 3. The summed E-state index contributed by atoms with van der Waals surface area (Å²) in [5.74, 6) is 0.0900. The van der Waals surface area contributed by atoms with E-state index in [1.54, 1.807) is 11.0 Å². The summed E-state index contributed by atoms with van der Waals surface area (Å²) in [6.45, 7) is 2.37. The second-order valence-corrected chi connectivity index (χ2v) is 8.38. The average molecular weight is 432 g/mol. The smallest absolute Gasteiger partial charge is 0.246 e. The second-order valence-electron chi connectivity index (χ2n) is 8.38. The number of carbonyl (C=O) groups excluding carboxylic acids is 3. The fraction of sp³-hybridized carbons (Fsp3) is 0.346. The first-order valence-electron chi connectivity index (χ1n) is 11.3. The number of rotatable bonds is 6. The molecule has 2 saturated heterocycles. The van der Waals surface area contributed by atoms with E-state index in [1.165, 1.54) is 0 Å². The van der Waals surface area contributed by atoms with Crippen molar-refractivity contribution in [1.82, 2.24) is 10.2 Å². The highest BCUT2D eigenvalue weighted by atomic mass is 16.2. The summed E-state index contributed by atoms with van der Waals surface area (Å²) in [6.07, 6.45) is 6.25. The molecule has 166 valence electrons. The maximum absolute atomic E-state index is 12.7. The Morgan fingerprint density at radius 1 is 1.00 bits per heavy atom. The van der Waals surface area contributed by atoms with Gasteiger partial charge in [0.05, 0.1) is 0 Å². The molecule has 0 atom stereocenters. The van der Waals surface area contributed by atoms with Crippen LogP contribution in [0.25, 0.3) is 6.08 Å². The van der Waals surface area contributed by atoms with Crippen LogP contribution in [0.15, 0.2) is 60.7 Å². The Balaban J connectivity index is 1.24. The molecular weight excluding hydrogens is 402 g/mol. The van der Waals surface area contributed by atoms with Gasteiger partial charge in [-0.2, -0.15) is 0 Å². The fourth-order valence-electron chi connectivity index (χ4n) is 4.29. The zero-order valence-corrected chi connectivity index (χ0v) is 18.2. The van der Waals surface area contributed by atoms with Crippen LogP contribution in [-0.2, 0) is 20.9 Å². The Morgan fingerprint density at radius 3 is 2.50 bits per heavy atom. The molecule has 0 bridgehead atoms. The Kier molecular flexibility index (Phi) is 7.00. The number of piperidine rings is 1. The van der Waals surface area contributed by atoms with Gasteiger partial charge in [-0.25, -0.2) is 0 Å². The lowest BCUT2D eigenvalue weighted by atomic mass is 9.95. The summed E-state index contributed by atoms with van der Waals surface area (Å²) in [6, 6.07) is 17.5. The van der Waals surface area contributed by atoms with E-state index in [0.717, 1.165) is 29.8 Å². The molecule has 32 heavy (non-hydrogen) atoms. The number of nitrogens with zero attached hydrogens (tertiary/aromatic N) is 2. The summed E-state index contributed by atoms with van der Waals surface area (Å²) in [4.78, 5) is 40.7. The highest BCUT2D eigenvalue weighted by molar-refractivity contribution is 5.95. The molecule has 3 amide bonds. The van der Waals surface area contributed by atoms with E-state index in [2.05, 4.69) is 5.32 Å². The second kappa shape index (κ2) is 10.3. The van der Waals surface area contributed by atoms with Gasteiger partial charge >= 0.3 is 0 Å². The van der Waals surface area contributed by atoms with E-state index in [0.29, 0.717) is 38.9 Å². The van der Waals surface area contributed by atoms with Crippen LogP contribution in [0.5, 0.6) is 0 Å². The molecule has 0 spiro atoms. The lowest BCUT2D eigenvalue weighted by Crippen LogP contribution is -2.42. The van der Waals surface area contributed by atoms with Crippen LogP contribution in [0, 0.1) is 5.92 Å².